The molecule has 1 N–H and O–H groups in total. The van der Waals surface area contributed by atoms with E-state index < -0.39 is 5.97 Å². The molecule has 0 radical (unpaired) electrons. The number of carbonyl (C=O) groups is 2. The van der Waals surface area contributed by atoms with Crippen molar-refractivity contribution < 1.29 is 14.7 Å². The summed E-state index contributed by atoms with van der Waals surface area (Å²) in [5, 5.41) is 9.08. The van der Waals surface area contributed by atoms with Crippen molar-refractivity contribution in [3.8, 4) is 0 Å². The molecular weight excluding hydrogens is 256 g/mol. The molecule has 2 saturated carbocycles. The molecule has 5 nitrogen and oxygen atoms in total. The third kappa shape index (κ3) is 2.57. The number of carboxylic acid groups (broad SMARTS) is 1. The highest BCUT2D eigenvalue weighted by Gasteiger charge is 2.33. The largest absolute Gasteiger partial charge is 0.480 e. The van der Waals surface area contributed by atoms with Gasteiger partial charge in [0.15, 0.2) is 0 Å². The van der Waals surface area contributed by atoms with Gasteiger partial charge < -0.3 is 14.6 Å². The molecule has 1 aromatic rings. The third-order valence-electron chi connectivity index (χ3n) is 4.27. The zero-order valence-corrected chi connectivity index (χ0v) is 11.5. The molecule has 3 rings (SSSR count). The highest BCUT2D eigenvalue weighted by molar-refractivity contribution is 5.95. The molecule has 0 spiro atoms. The number of amides is 1. The van der Waals surface area contributed by atoms with Gasteiger partial charge in [-0.1, -0.05) is 12.8 Å². The average molecular weight is 276 g/mol. The maximum Gasteiger partial charge on any atom is 0.323 e. The van der Waals surface area contributed by atoms with E-state index in [2.05, 4.69) is 0 Å². The number of hydrogen-bond acceptors (Lipinski definition) is 2. The van der Waals surface area contributed by atoms with Crippen LogP contribution in [0.1, 0.15) is 55.1 Å². The van der Waals surface area contributed by atoms with E-state index in [1.807, 2.05) is 22.9 Å². The molecule has 0 saturated heterocycles. The van der Waals surface area contributed by atoms with E-state index >= 15 is 0 Å². The van der Waals surface area contributed by atoms with Crippen LogP contribution in [0.5, 0.6) is 0 Å². The van der Waals surface area contributed by atoms with E-state index in [1.165, 1.54) is 0 Å². The Morgan fingerprint density at radius 2 is 1.95 bits per heavy atom. The summed E-state index contributed by atoms with van der Waals surface area (Å²) in [6.45, 7) is -0.195. The molecule has 5 heteroatoms. The lowest BCUT2D eigenvalue weighted by Crippen LogP contribution is -2.43. The lowest BCUT2D eigenvalue weighted by atomic mass is 10.2. The molecule has 1 heterocycles. The number of carboxylic acids is 1. The lowest BCUT2D eigenvalue weighted by molar-refractivity contribution is -0.138. The lowest BCUT2D eigenvalue weighted by Gasteiger charge is -2.27. The van der Waals surface area contributed by atoms with Gasteiger partial charge in [-0.25, -0.2) is 0 Å². The van der Waals surface area contributed by atoms with Crippen molar-refractivity contribution >= 4 is 11.9 Å². The number of aromatic nitrogens is 1. The van der Waals surface area contributed by atoms with Crippen LogP contribution >= 0.6 is 0 Å². The summed E-state index contributed by atoms with van der Waals surface area (Å²) < 4.78 is 2.01. The summed E-state index contributed by atoms with van der Waals surface area (Å²) in [6, 6.07) is 4.20. The minimum atomic E-state index is -0.935. The Kier molecular flexibility index (Phi) is 3.51. The van der Waals surface area contributed by atoms with Crippen LogP contribution in [0.2, 0.25) is 0 Å². The minimum Gasteiger partial charge on any atom is -0.480 e. The van der Waals surface area contributed by atoms with Gasteiger partial charge in [0.2, 0.25) is 0 Å². The second kappa shape index (κ2) is 5.31. The van der Waals surface area contributed by atoms with Gasteiger partial charge in [-0.15, -0.1) is 0 Å². The van der Waals surface area contributed by atoms with Crippen molar-refractivity contribution in [2.75, 3.05) is 6.54 Å². The Balaban J connectivity index is 1.83. The second-order valence-corrected chi connectivity index (χ2v) is 5.80. The molecule has 1 amide bonds. The van der Waals surface area contributed by atoms with Gasteiger partial charge in [-0.05, 0) is 37.8 Å². The van der Waals surface area contributed by atoms with Crippen LogP contribution in [0.15, 0.2) is 18.3 Å². The first-order valence-electron chi connectivity index (χ1n) is 7.36. The summed E-state index contributed by atoms with van der Waals surface area (Å²) in [7, 11) is 0. The number of aliphatic carboxylic acids is 1. The van der Waals surface area contributed by atoms with Crippen molar-refractivity contribution in [1.82, 2.24) is 9.47 Å². The fourth-order valence-electron chi connectivity index (χ4n) is 3.12. The van der Waals surface area contributed by atoms with E-state index in [1.54, 1.807) is 4.90 Å². The van der Waals surface area contributed by atoms with Crippen LogP contribution in [0.25, 0.3) is 0 Å². The molecule has 108 valence electrons. The second-order valence-electron chi connectivity index (χ2n) is 5.80. The Labute approximate surface area is 118 Å². The number of hydrogen-bond donors (Lipinski definition) is 1. The van der Waals surface area contributed by atoms with E-state index in [0.29, 0.717) is 11.7 Å². The first-order chi connectivity index (χ1) is 9.66. The Morgan fingerprint density at radius 1 is 1.25 bits per heavy atom. The molecule has 0 atom stereocenters. The average Bonchev–Trinajstić information content (AvgIpc) is 2.95. The summed E-state index contributed by atoms with van der Waals surface area (Å²) in [5.41, 5.74) is 0.639. The van der Waals surface area contributed by atoms with Crippen LogP contribution in [0.3, 0.4) is 0 Å². The molecule has 0 unspecified atom stereocenters. The number of carbonyl (C=O) groups excluding carboxylic acids is 1. The van der Waals surface area contributed by atoms with Crippen molar-refractivity contribution in [2.45, 2.75) is 50.6 Å². The summed E-state index contributed by atoms with van der Waals surface area (Å²) in [5.74, 6) is -1.06. The zero-order valence-electron chi connectivity index (χ0n) is 11.5. The molecule has 20 heavy (non-hydrogen) atoms. The predicted molar refractivity (Wildman–Crippen MR) is 73.6 cm³/mol. The molecule has 1 aromatic heterocycles. The Hall–Kier alpha value is -1.78. The highest BCUT2D eigenvalue weighted by atomic mass is 16.4. The smallest absolute Gasteiger partial charge is 0.323 e. The van der Waals surface area contributed by atoms with Gasteiger partial charge in [-0.3, -0.25) is 9.59 Å². The summed E-state index contributed by atoms with van der Waals surface area (Å²) in [6.07, 6.45) is 8.15. The quantitative estimate of drug-likeness (QED) is 0.897. The van der Waals surface area contributed by atoms with Crippen molar-refractivity contribution in [2.24, 2.45) is 0 Å². The van der Waals surface area contributed by atoms with E-state index in [-0.39, 0.29) is 18.5 Å². The molecule has 0 aromatic carbocycles. The third-order valence-corrected chi connectivity index (χ3v) is 4.27. The van der Waals surface area contributed by atoms with Crippen molar-refractivity contribution in [3.05, 3.63) is 24.0 Å². The molecule has 2 aliphatic rings. The maximum absolute atomic E-state index is 12.7. The molecule has 0 aliphatic heterocycles. The highest BCUT2D eigenvalue weighted by Crippen LogP contribution is 2.36. The molecular formula is C15H20N2O3. The number of nitrogens with zero attached hydrogens (tertiary/aromatic N) is 2. The van der Waals surface area contributed by atoms with Gasteiger partial charge in [-0.2, -0.15) is 0 Å². The summed E-state index contributed by atoms with van der Waals surface area (Å²) >= 11 is 0. The fourth-order valence-corrected chi connectivity index (χ4v) is 3.12. The first-order valence-corrected chi connectivity index (χ1v) is 7.36. The monoisotopic (exact) mass is 276 g/mol. The van der Waals surface area contributed by atoms with E-state index in [4.69, 9.17) is 5.11 Å². The van der Waals surface area contributed by atoms with Gasteiger partial charge in [0, 0.05) is 18.3 Å². The van der Waals surface area contributed by atoms with Crippen LogP contribution in [-0.2, 0) is 4.79 Å². The Bertz CT molecular complexity index is 513. The topological polar surface area (TPSA) is 62.5 Å². The fraction of sp³-hybridized carbons (Fsp3) is 0.600. The maximum atomic E-state index is 12.7. The van der Waals surface area contributed by atoms with Crippen molar-refractivity contribution in [3.63, 3.8) is 0 Å². The van der Waals surface area contributed by atoms with Crippen molar-refractivity contribution in [1.29, 1.82) is 0 Å². The Morgan fingerprint density at radius 3 is 2.55 bits per heavy atom. The standard InChI is InChI=1S/C15H20N2O3/c18-14(19)10-17(11-4-1-2-5-11)15(20)13-6-3-9-16(13)12-7-8-12/h3,6,9,11-12H,1-2,4-5,7-8,10H2,(H,18,19). The zero-order chi connectivity index (χ0) is 14.1. The van der Waals surface area contributed by atoms with Crippen LogP contribution < -0.4 is 0 Å². The van der Waals surface area contributed by atoms with E-state index in [0.717, 1.165) is 38.5 Å². The van der Waals surface area contributed by atoms with E-state index in [9.17, 15) is 9.59 Å². The molecule has 0 bridgehead atoms. The molecule has 2 fully saturated rings. The van der Waals surface area contributed by atoms with Gasteiger partial charge in [0.05, 0.1) is 0 Å². The van der Waals surface area contributed by atoms with Crippen LogP contribution in [0.4, 0.5) is 0 Å². The first kappa shape index (κ1) is 13.2. The number of rotatable bonds is 5. The van der Waals surface area contributed by atoms with Gasteiger partial charge >= 0.3 is 5.97 Å². The molecule has 2 aliphatic carbocycles. The summed E-state index contributed by atoms with van der Waals surface area (Å²) in [4.78, 5) is 25.4. The van der Waals surface area contributed by atoms with Crippen LogP contribution in [0, 0.1) is 0 Å². The normalized spacial score (nSPS) is 19.2. The SMILES string of the molecule is O=C(O)CN(C(=O)c1cccn1C1CC1)C1CCCC1. The van der Waals surface area contributed by atoms with Crippen LogP contribution in [-0.4, -0.2) is 39.0 Å². The van der Waals surface area contributed by atoms with Gasteiger partial charge in [0.25, 0.3) is 5.91 Å². The van der Waals surface area contributed by atoms with Gasteiger partial charge in [0.1, 0.15) is 12.2 Å². The predicted octanol–water partition coefficient (Wildman–Crippen LogP) is 2.29. The minimum absolute atomic E-state index is 0.0844.